The van der Waals surface area contributed by atoms with Crippen molar-refractivity contribution in [3.05, 3.63) is 100 Å². The molecule has 0 saturated heterocycles. The topological polar surface area (TPSA) is 49.4 Å². The molecular formula is C30H29FN2O2S. The minimum absolute atomic E-state index is 0.0459. The van der Waals surface area contributed by atoms with Crippen LogP contribution in [0.5, 0.6) is 0 Å². The van der Waals surface area contributed by atoms with Gasteiger partial charge in [-0.2, -0.15) is 0 Å². The van der Waals surface area contributed by atoms with Crippen LogP contribution in [0.2, 0.25) is 0 Å². The molecule has 2 atom stereocenters. The van der Waals surface area contributed by atoms with Crippen LogP contribution in [0.15, 0.2) is 82.6 Å². The van der Waals surface area contributed by atoms with Gasteiger partial charge >= 0.3 is 0 Å². The van der Waals surface area contributed by atoms with E-state index in [-0.39, 0.29) is 23.7 Å². The Morgan fingerprint density at radius 3 is 2.50 bits per heavy atom. The van der Waals surface area contributed by atoms with Crippen LogP contribution in [-0.4, -0.2) is 17.9 Å². The van der Waals surface area contributed by atoms with E-state index in [2.05, 4.69) is 12.2 Å². The SMILES string of the molecule is C[C@H]1CCCC[C@@H]1NC(=O)c1ccc(/C=C2\Sc3ccccc3N(Cc3ccc(F)cc3)C2=O)cc1. The summed E-state index contributed by atoms with van der Waals surface area (Å²) < 4.78 is 13.4. The lowest BCUT2D eigenvalue weighted by molar-refractivity contribution is -0.114. The molecule has 0 radical (unpaired) electrons. The molecule has 1 aliphatic carbocycles. The molecule has 3 aromatic rings. The van der Waals surface area contributed by atoms with Crippen LogP contribution in [0, 0.1) is 11.7 Å². The summed E-state index contributed by atoms with van der Waals surface area (Å²) in [6.45, 7) is 2.56. The Labute approximate surface area is 215 Å². The molecule has 0 bridgehead atoms. The average Bonchev–Trinajstić information content (AvgIpc) is 2.89. The molecular weight excluding hydrogens is 471 g/mol. The van der Waals surface area contributed by atoms with Gasteiger partial charge in [0.2, 0.25) is 0 Å². The summed E-state index contributed by atoms with van der Waals surface area (Å²) >= 11 is 1.44. The van der Waals surface area contributed by atoms with Crippen molar-refractivity contribution in [1.29, 1.82) is 0 Å². The molecule has 4 nitrogen and oxygen atoms in total. The van der Waals surface area contributed by atoms with Crippen molar-refractivity contribution in [2.75, 3.05) is 4.90 Å². The third kappa shape index (κ3) is 5.39. The van der Waals surface area contributed by atoms with Gasteiger partial charge in [0.1, 0.15) is 5.82 Å². The minimum Gasteiger partial charge on any atom is -0.349 e. The number of rotatable bonds is 5. The monoisotopic (exact) mass is 500 g/mol. The maximum absolute atomic E-state index is 13.5. The number of hydrogen-bond donors (Lipinski definition) is 1. The molecule has 5 rings (SSSR count). The number of hydrogen-bond acceptors (Lipinski definition) is 3. The molecule has 1 fully saturated rings. The van der Waals surface area contributed by atoms with Gasteiger partial charge < -0.3 is 10.2 Å². The molecule has 1 heterocycles. The molecule has 0 aromatic heterocycles. The van der Waals surface area contributed by atoms with E-state index in [1.54, 1.807) is 17.0 Å². The number of amides is 2. The Morgan fingerprint density at radius 2 is 1.75 bits per heavy atom. The largest absolute Gasteiger partial charge is 0.349 e. The van der Waals surface area contributed by atoms with Crippen LogP contribution in [0.3, 0.4) is 0 Å². The standard InChI is InChI=1S/C30H29FN2O2S/c1-20-6-2-3-7-25(20)32-29(34)23-14-10-21(11-15-23)18-28-30(35)33(19-22-12-16-24(31)17-13-22)26-8-4-5-9-27(26)36-28/h4-5,8-18,20,25H,2-3,6-7,19H2,1H3,(H,32,34)/b28-18-/t20-,25-/m0/s1. The summed E-state index contributed by atoms with van der Waals surface area (Å²) in [6.07, 6.45) is 6.45. The number of fused-ring (bicyclic) bond motifs is 1. The Balaban J connectivity index is 1.35. The quantitative estimate of drug-likeness (QED) is 0.391. The predicted octanol–water partition coefficient (Wildman–Crippen LogP) is 6.81. The molecule has 1 aliphatic heterocycles. The third-order valence-electron chi connectivity index (χ3n) is 6.98. The second-order valence-corrected chi connectivity index (χ2v) is 10.6. The molecule has 2 aliphatic rings. The summed E-state index contributed by atoms with van der Waals surface area (Å²) in [5.74, 6) is 0.0547. The highest BCUT2D eigenvalue weighted by Crippen LogP contribution is 2.42. The van der Waals surface area contributed by atoms with Gasteiger partial charge in [0.15, 0.2) is 0 Å². The summed E-state index contributed by atoms with van der Waals surface area (Å²) in [5.41, 5.74) is 3.18. The van der Waals surface area contributed by atoms with Crippen molar-refractivity contribution in [3.63, 3.8) is 0 Å². The fourth-order valence-corrected chi connectivity index (χ4v) is 5.91. The van der Waals surface area contributed by atoms with Crippen LogP contribution in [-0.2, 0) is 11.3 Å². The molecule has 6 heteroatoms. The van der Waals surface area contributed by atoms with Crippen LogP contribution in [0.4, 0.5) is 10.1 Å². The lowest BCUT2D eigenvalue weighted by Gasteiger charge is -2.30. The molecule has 36 heavy (non-hydrogen) atoms. The molecule has 0 unspecified atom stereocenters. The zero-order chi connectivity index (χ0) is 25.1. The van der Waals surface area contributed by atoms with E-state index in [0.717, 1.165) is 41.0 Å². The van der Waals surface area contributed by atoms with E-state index >= 15 is 0 Å². The number of nitrogens with zero attached hydrogens (tertiary/aromatic N) is 1. The van der Waals surface area contributed by atoms with E-state index in [1.807, 2.05) is 54.6 Å². The summed E-state index contributed by atoms with van der Waals surface area (Å²) in [5, 5.41) is 3.19. The first-order valence-corrected chi connectivity index (χ1v) is 13.3. The number of para-hydroxylation sites is 1. The van der Waals surface area contributed by atoms with Crippen molar-refractivity contribution in [3.8, 4) is 0 Å². The number of carbonyl (C=O) groups is 2. The van der Waals surface area contributed by atoms with E-state index in [1.165, 1.54) is 30.3 Å². The summed E-state index contributed by atoms with van der Waals surface area (Å²) in [7, 11) is 0. The Morgan fingerprint density at radius 1 is 1.03 bits per heavy atom. The number of nitrogens with one attached hydrogen (secondary N) is 1. The highest BCUT2D eigenvalue weighted by Gasteiger charge is 2.29. The number of thioether (sulfide) groups is 1. The van der Waals surface area contributed by atoms with Gasteiger partial charge in [-0.1, -0.05) is 67.9 Å². The third-order valence-corrected chi connectivity index (χ3v) is 8.06. The Hall–Kier alpha value is -3.38. The molecule has 184 valence electrons. The smallest absolute Gasteiger partial charge is 0.265 e. The zero-order valence-corrected chi connectivity index (χ0v) is 21.1. The van der Waals surface area contributed by atoms with E-state index < -0.39 is 0 Å². The van der Waals surface area contributed by atoms with E-state index in [0.29, 0.717) is 22.9 Å². The molecule has 1 N–H and O–H groups in total. The summed E-state index contributed by atoms with van der Waals surface area (Å²) in [6, 6.07) is 21.6. The van der Waals surface area contributed by atoms with Gasteiger partial charge in [-0.25, -0.2) is 4.39 Å². The lowest BCUT2D eigenvalue weighted by Crippen LogP contribution is -2.41. The van der Waals surface area contributed by atoms with Gasteiger partial charge in [0, 0.05) is 16.5 Å². The van der Waals surface area contributed by atoms with Crippen molar-refractivity contribution in [2.24, 2.45) is 5.92 Å². The first-order valence-electron chi connectivity index (χ1n) is 12.4. The maximum atomic E-state index is 13.5. The number of benzene rings is 3. The van der Waals surface area contributed by atoms with E-state index in [4.69, 9.17) is 0 Å². The number of halogens is 1. The normalized spacial score (nSPS) is 20.8. The highest BCUT2D eigenvalue weighted by molar-refractivity contribution is 8.04. The second kappa shape index (κ2) is 10.7. The zero-order valence-electron chi connectivity index (χ0n) is 20.2. The first-order chi connectivity index (χ1) is 17.5. The Bertz CT molecular complexity index is 1290. The van der Waals surface area contributed by atoms with Crippen molar-refractivity contribution in [2.45, 2.75) is 50.1 Å². The first kappa shape index (κ1) is 24.3. The molecule has 1 saturated carbocycles. The highest BCUT2D eigenvalue weighted by atomic mass is 32.2. The van der Waals surface area contributed by atoms with Gasteiger partial charge in [-0.3, -0.25) is 9.59 Å². The average molecular weight is 501 g/mol. The van der Waals surface area contributed by atoms with Gasteiger partial charge in [-0.15, -0.1) is 0 Å². The summed E-state index contributed by atoms with van der Waals surface area (Å²) in [4.78, 5) is 29.6. The van der Waals surface area contributed by atoms with Crippen LogP contribution < -0.4 is 10.2 Å². The second-order valence-electron chi connectivity index (χ2n) is 9.56. The fraction of sp³-hybridized carbons (Fsp3) is 0.267. The molecule has 0 spiro atoms. The van der Waals surface area contributed by atoms with Crippen molar-refractivity contribution < 1.29 is 14.0 Å². The maximum Gasteiger partial charge on any atom is 0.265 e. The van der Waals surface area contributed by atoms with Crippen LogP contribution in [0.1, 0.15) is 54.1 Å². The van der Waals surface area contributed by atoms with E-state index in [9.17, 15) is 14.0 Å². The Kier molecular flexibility index (Phi) is 7.23. The lowest BCUT2D eigenvalue weighted by atomic mass is 9.86. The van der Waals surface area contributed by atoms with Gasteiger partial charge in [-0.05, 0) is 72.4 Å². The van der Waals surface area contributed by atoms with Crippen molar-refractivity contribution in [1.82, 2.24) is 5.32 Å². The van der Waals surface area contributed by atoms with Gasteiger partial charge in [0.25, 0.3) is 11.8 Å². The van der Waals surface area contributed by atoms with Crippen LogP contribution in [0.25, 0.3) is 6.08 Å². The number of carbonyl (C=O) groups excluding carboxylic acids is 2. The minimum atomic E-state index is -0.300. The molecule has 3 aromatic carbocycles. The fourth-order valence-electron chi connectivity index (χ4n) is 4.86. The predicted molar refractivity (Wildman–Crippen MR) is 143 cm³/mol. The van der Waals surface area contributed by atoms with Gasteiger partial charge in [0.05, 0.1) is 17.1 Å². The molecule has 2 amide bonds. The number of anilines is 1. The van der Waals surface area contributed by atoms with Crippen LogP contribution >= 0.6 is 11.8 Å². The van der Waals surface area contributed by atoms with Crippen molar-refractivity contribution >= 4 is 35.3 Å².